The molecule has 2 rings (SSSR count). The van der Waals surface area contributed by atoms with Gasteiger partial charge in [-0.15, -0.1) is 0 Å². The van der Waals surface area contributed by atoms with Crippen LogP contribution in [0.25, 0.3) is 0 Å². The highest BCUT2D eigenvalue weighted by molar-refractivity contribution is 14.1. The molecule has 1 aromatic rings. The van der Waals surface area contributed by atoms with Crippen LogP contribution in [-0.4, -0.2) is 34.8 Å². The third-order valence-corrected chi connectivity index (χ3v) is 3.77. The first-order valence-corrected chi connectivity index (χ1v) is 6.70. The fraction of sp³-hybridized carbons (Fsp3) is 0.636. The number of hydrogen-bond acceptors (Lipinski definition) is 4. The molecule has 1 fully saturated rings. The van der Waals surface area contributed by atoms with E-state index in [1.807, 2.05) is 6.20 Å². The van der Waals surface area contributed by atoms with Crippen molar-refractivity contribution in [2.75, 3.05) is 24.6 Å². The molecule has 0 aromatic carbocycles. The molecule has 0 aliphatic carbocycles. The fourth-order valence-corrected chi connectivity index (χ4v) is 2.86. The van der Waals surface area contributed by atoms with Crippen molar-refractivity contribution in [3.8, 4) is 0 Å². The van der Waals surface area contributed by atoms with Crippen LogP contribution < -0.4 is 4.90 Å². The minimum Gasteiger partial charge on any atom is -0.396 e. The highest BCUT2D eigenvalue weighted by atomic mass is 127. The van der Waals surface area contributed by atoms with Crippen LogP contribution in [0.5, 0.6) is 0 Å². The maximum Gasteiger partial charge on any atom is 0.145 e. The lowest BCUT2D eigenvalue weighted by Crippen LogP contribution is -2.36. The quantitative estimate of drug-likeness (QED) is 0.855. The first-order valence-electron chi connectivity index (χ1n) is 5.62. The number of piperidine rings is 1. The first kappa shape index (κ1) is 12.0. The zero-order valence-electron chi connectivity index (χ0n) is 9.14. The normalized spacial score (nSPS) is 21.1. The summed E-state index contributed by atoms with van der Waals surface area (Å²) in [4.78, 5) is 10.7. The minimum absolute atomic E-state index is 0.291. The summed E-state index contributed by atoms with van der Waals surface area (Å²) in [5, 5.41) is 8.98. The zero-order valence-corrected chi connectivity index (χ0v) is 11.3. The summed E-state index contributed by atoms with van der Waals surface area (Å²) < 4.78 is 1.10. The molecule has 1 unspecified atom stereocenters. The summed E-state index contributed by atoms with van der Waals surface area (Å²) in [7, 11) is 0. The second-order valence-corrected chi connectivity index (χ2v) is 5.32. The molecule has 0 spiro atoms. The van der Waals surface area contributed by atoms with Gasteiger partial charge in [-0.3, -0.25) is 0 Å². The van der Waals surface area contributed by atoms with Gasteiger partial charge in [-0.25, -0.2) is 9.97 Å². The molecule has 0 bridgehead atoms. The monoisotopic (exact) mass is 333 g/mol. The van der Waals surface area contributed by atoms with Crippen LogP contribution in [0.4, 0.5) is 5.82 Å². The summed E-state index contributed by atoms with van der Waals surface area (Å²) in [5.74, 6) is 1.64. The third-order valence-electron chi connectivity index (χ3n) is 3.00. The average Bonchev–Trinajstić information content (AvgIpc) is 2.30. The number of hydrogen-bond donors (Lipinski definition) is 1. The van der Waals surface area contributed by atoms with Gasteiger partial charge in [0.05, 0.1) is 3.57 Å². The molecule has 2 heterocycles. The van der Waals surface area contributed by atoms with Gasteiger partial charge in [-0.1, -0.05) is 0 Å². The lowest BCUT2D eigenvalue weighted by atomic mass is 9.95. The Balaban J connectivity index is 2.07. The number of aliphatic hydroxyl groups excluding tert-OH is 1. The van der Waals surface area contributed by atoms with Crippen molar-refractivity contribution < 1.29 is 5.11 Å². The van der Waals surface area contributed by atoms with E-state index in [-0.39, 0.29) is 0 Å². The standard InChI is InChI=1S/C11H16IN3O/c12-10-6-13-8-14-11(10)15-4-1-2-9(7-15)3-5-16/h6,8-9,16H,1-5,7H2. The van der Waals surface area contributed by atoms with Gasteiger partial charge in [0.2, 0.25) is 0 Å². The Morgan fingerprint density at radius 3 is 3.19 bits per heavy atom. The topological polar surface area (TPSA) is 49.2 Å². The fourth-order valence-electron chi connectivity index (χ4n) is 2.21. The van der Waals surface area contributed by atoms with Crippen LogP contribution in [0.2, 0.25) is 0 Å². The molecular formula is C11H16IN3O. The Kier molecular flexibility index (Phi) is 4.34. The zero-order chi connectivity index (χ0) is 11.4. The maximum atomic E-state index is 8.98. The molecule has 1 N–H and O–H groups in total. The second-order valence-electron chi connectivity index (χ2n) is 4.16. The van der Waals surface area contributed by atoms with E-state index in [2.05, 4.69) is 37.5 Å². The van der Waals surface area contributed by atoms with E-state index in [1.165, 1.54) is 12.8 Å². The molecule has 0 amide bonds. The van der Waals surface area contributed by atoms with Crippen molar-refractivity contribution >= 4 is 28.4 Å². The van der Waals surface area contributed by atoms with Gasteiger partial charge in [-0.2, -0.15) is 0 Å². The number of anilines is 1. The van der Waals surface area contributed by atoms with Crippen molar-refractivity contribution in [3.63, 3.8) is 0 Å². The Bertz CT molecular complexity index is 346. The third kappa shape index (κ3) is 2.82. The van der Waals surface area contributed by atoms with Crippen LogP contribution >= 0.6 is 22.6 Å². The Morgan fingerprint density at radius 2 is 2.44 bits per heavy atom. The largest absolute Gasteiger partial charge is 0.396 e. The molecule has 88 valence electrons. The molecule has 1 aromatic heterocycles. The van der Waals surface area contributed by atoms with Crippen molar-refractivity contribution in [1.29, 1.82) is 0 Å². The van der Waals surface area contributed by atoms with Crippen molar-refractivity contribution in [3.05, 3.63) is 16.1 Å². The minimum atomic E-state index is 0.291. The predicted molar refractivity (Wildman–Crippen MR) is 71.4 cm³/mol. The lowest BCUT2D eigenvalue weighted by Gasteiger charge is -2.33. The SMILES string of the molecule is OCCC1CCCN(c2ncncc2I)C1. The molecule has 1 saturated heterocycles. The van der Waals surface area contributed by atoms with Gasteiger partial charge in [0.25, 0.3) is 0 Å². The smallest absolute Gasteiger partial charge is 0.145 e. The number of halogens is 1. The lowest BCUT2D eigenvalue weighted by molar-refractivity contribution is 0.244. The Morgan fingerprint density at radius 1 is 1.56 bits per heavy atom. The Hall–Kier alpha value is -0.430. The summed E-state index contributed by atoms with van der Waals surface area (Å²) in [6.07, 6.45) is 6.76. The molecule has 0 radical (unpaired) electrons. The van der Waals surface area contributed by atoms with E-state index in [1.54, 1.807) is 6.33 Å². The van der Waals surface area contributed by atoms with Crippen LogP contribution in [-0.2, 0) is 0 Å². The molecule has 4 nitrogen and oxygen atoms in total. The highest BCUT2D eigenvalue weighted by Gasteiger charge is 2.21. The Labute approximate surface area is 109 Å². The van der Waals surface area contributed by atoms with Crippen LogP contribution in [0.1, 0.15) is 19.3 Å². The second kappa shape index (κ2) is 5.77. The van der Waals surface area contributed by atoms with E-state index >= 15 is 0 Å². The number of aromatic nitrogens is 2. The number of nitrogens with zero attached hydrogens (tertiary/aromatic N) is 3. The summed E-state index contributed by atoms with van der Waals surface area (Å²) in [5.41, 5.74) is 0. The van der Waals surface area contributed by atoms with Gasteiger partial charge in [0.1, 0.15) is 12.1 Å². The predicted octanol–water partition coefficient (Wildman–Crippen LogP) is 1.68. The molecule has 0 saturated carbocycles. The van der Waals surface area contributed by atoms with Crippen LogP contribution in [0.15, 0.2) is 12.5 Å². The van der Waals surface area contributed by atoms with E-state index in [4.69, 9.17) is 5.11 Å². The summed E-state index contributed by atoms with van der Waals surface area (Å²) in [6.45, 7) is 2.36. The van der Waals surface area contributed by atoms with Gasteiger partial charge < -0.3 is 10.0 Å². The molecule has 1 aliphatic rings. The van der Waals surface area contributed by atoms with E-state index in [0.29, 0.717) is 12.5 Å². The van der Waals surface area contributed by atoms with Gasteiger partial charge in [0.15, 0.2) is 0 Å². The van der Waals surface area contributed by atoms with E-state index < -0.39 is 0 Å². The molecule has 1 aliphatic heterocycles. The van der Waals surface area contributed by atoms with Crippen LogP contribution in [0.3, 0.4) is 0 Å². The maximum absolute atomic E-state index is 8.98. The van der Waals surface area contributed by atoms with Gasteiger partial charge in [0, 0.05) is 25.9 Å². The van der Waals surface area contributed by atoms with E-state index in [0.717, 1.165) is 28.9 Å². The molecule has 1 atom stereocenters. The average molecular weight is 333 g/mol. The van der Waals surface area contributed by atoms with Gasteiger partial charge in [-0.05, 0) is 47.8 Å². The summed E-state index contributed by atoms with van der Waals surface area (Å²) in [6, 6.07) is 0. The van der Waals surface area contributed by atoms with Gasteiger partial charge >= 0.3 is 0 Å². The van der Waals surface area contributed by atoms with Crippen molar-refractivity contribution in [1.82, 2.24) is 9.97 Å². The number of rotatable bonds is 3. The van der Waals surface area contributed by atoms with E-state index in [9.17, 15) is 0 Å². The van der Waals surface area contributed by atoms with Crippen molar-refractivity contribution in [2.45, 2.75) is 19.3 Å². The summed E-state index contributed by atoms with van der Waals surface area (Å²) >= 11 is 2.28. The first-order chi connectivity index (χ1) is 7.81. The molecular weight excluding hydrogens is 317 g/mol. The number of aliphatic hydroxyl groups is 1. The molecule has 5 heteroatoms. The van der Waals surface area contributed by atoms with Crippen molar-refractivity contribution in [2.24, 2.45) is 5.92 Å². The highest BCUT2D eigenvalue weighted by Crippen LogP contribution is 2.26. The molecule has 16 heavy (non-hydrogen) atoms. The van der Waals surface area contributed by atoms with Crippen LogP contribution in [0, 0.1) is 9.49 Å².